The molecule has 7 heteroatoms. The van der Waals surface area contributed by atoms with Gasteiger partial charge in [-0.3, -0.25) is 10.7 Å². The van der Waals surface area contributed by atoms with Crippen LogP contribution in [0.25, 0.3) is 11.1 Å². The number of nitrogens with zero attached hydrogens (tertiary/aromatic N) is 1. The Morgan fingerprint density at radius 2 is 1.88 bits per heavy atom. The van der Waals surface area contributed by atoms with E-state index in [2.05, 4.69) is 15.8 Å². The molecule has 1 amide bonds. The fraction of sp³-hybridized carbons (Fsp3) is 0.118. The van der Waals surface area contributed by atoms with Crippen LogP contribution in [0.4, 0.5) is 10.5 Å². The van der Waals surface area contributed by atoms with Crippen LogP contribution in [-0.4, -0.2) is 23.5 Å². The summed E-state index contributed by atoms with van der Waals surface area (Å²) in [5, 5.41) is 7.11. The Labute approximate surface area is 144 Å². The predicted octanol–water partition coefficient (Wildman–Crippen LogP) is 2.82. The topological polar surface area (TPSA) is 88.7 Å². The Bertz CT molecular complexity index is 848. The summed E-state index contributed by atoms with van der Waals surface area (Å²) in [5.74, 6) is 0. The van der Waals surface area contributed by atoms with Crippen molar-refractivity contribution in [2.24, 2.45) is 10.8 Å². The van der Waals surface area contributed by atoms with Crippen molar-refractivity contribution in [3.63, 3.8) is 0 Å². The maximum Gasteiger partial charge on any atom is 0.411 e. The average molecular weight is 340 g/mol. The molecule has 4 N–H and O–H groups in total. The highest BCUT2D eigenvalue weighted by Crippen LogP contribution is 2.38. The van der Waals surface area contributed by atoms with E-state index >= 15 is 0 Å². The Morgan fingerprint density at radius 3 is 2.58 bits per heavy atom. The number of carbonyl (C=O) groups is 1. The largest absolute Gasteiger partial charge is 0.450 e. The summed E-state index contributed by atoms with van der Waals surface area (Å²) in [7, 11) is 0. The fourth-order valence-electron chi connectivity index (χ4n) is 2.64. The van der Waals surface area contributed by atoms with Crippen molar-refractivity contribution in [1.82, 2.24) is 5.43 Å². The van der Waals surface area contributed by atoms with Gasteiger partial charge in [-0.1, -0.05) is 30.3 Å². The van der Waals surface area contributed by atoms with Crippen LogP contribution in [0.1, 0.15) is 18.1 Å². The molecule has 3 rings (SSSR count). The van der Waals surface area contributed by atoms with Crippen molar-refractivity contribution >= 4 is 34.8 Å². The number of carbonyl (C=O) groups excluding carboxylic acids is 1. The molecule has 0 aliphatic heterocycles. The van der Waals surface area contributed by atoms with Crippen molar-refractivity contribution < 1.29 is 9.53 Å². The molecule has 0 fully saturated rings. The number of rotatable bonds is 3. The number of fused-ring (bicyclic) bond motifs is 3. The molecule has 0 spiro atoms. The molecule has 0 aromatic heterocycles. The normalized spacial score (nSPS) is 13.1. The monoisotopic (exact) mass is 340 g/mol. The molecule has 6 nitrogen and oxygen atoms in total. The lowest BCUT2D eigenvalue weighted by atomic mass is 10.1. The molecule has 0 radical (unpaired) electrons. The molecule has 2 aromatic rings. The number of benzene rings is 2. The minimum absolute atomic E-state index is 0.0919. The number of nitrogens with two attached hydrogens (primary N) is 1. The molecule has 1 aliphatic rings. The third-order valence-electron chi connectivity index (χ3n) is 3.55. The van der Waals surface area contributed by atoms with Gasteiger partial charge in [0.15, 0.2) is 5.11 Å². The Hall–Kier alpha value is -2.93. The second-order valence-corrected chi connectivity index (χ2v) is 5.53. The van der Waals surface area contributed by atoms with Crippen LogP contribution in [0.5, 0.6) is 0 Å². The van der Waals surface area contributed by atoms with Crippen LogP contribution < -0.4 is 16.5 Å². The molecular formula is C17H16N4O2S. The van der Waals surface area contributed by atoms with Crippen LogP contribution in [0.2, 0.25) is 0 Å². The number of hydrogen-bond acceptors (Lipinski definition) is 4. The highest BCUT2D eigenvalue weighted by Gasteiger charge is 2.25. The van der Waals surface area contributed by atoms with Crippen molar-refractivity contribution in [3.8, 4) is 11.1 Å². The molecule has 0 unspecified atom stereocenters. The van der Waals surface area contributed by atoms with Crippen molar-refractivity contribution in [2.45, 2.75) is 6.92 Å². The van der Waals surface area contributed by atoms with Crippen LogP contribution >= 0.6 is 12.2 Å². The Balaban J connectivity index is 2.02. The van der Waals surface area contributed by atoms with E-state index in [1.54, 1.807) is 6.92 Å². The number of hydrazone groups is 1. The summed E-state index contributed by atoms with van der Waals surface area (Å²) < 4.78 is 4.91. The van der Waals surface area contributed by atoms with Gasteiger partial charge in [-0.25, -0.2) is 4.79 Å². The molecule has 0 saturated carbocycles. The highest BCUT2D eigenvalue weighted by atomic mass is 32.1. The number of thiocarbonyl (C=S) groups is 1. The van der Waals surface area contributed by atoms with E-state index in [1.165, 1.54) is 0 Å². The summed E-state index contributed by atoms with van der Waals surface area (Å²) in [6.07, 6.45) is -0.493. The van der Waals surface area contributed by atoms with E-state index in [9.17, 15) is 4.79 Å². The minimum Gasteiger partial charge on any atom is -0.450 e. The average Bonchev–Trinajstić information content (AvgIpc) is 2.86. The van der Waals surface area contributed by atoms with E-state index in [-0.39, 0.29) is 5.11 Å². The molecule has 122 valence electrons. The van der Waals surface area contributed by atoms with Crippen molar-refractivity contribution in [3.05, 3.63) is 53.6 Å². The van der Waals surface area contributed by atoms with Gasteiger partial charge in [0.05, 0.1) is 12.3 Å². The van der Waals surface area contributed by atoms with Crippen molar-refractivity contribution in [2.75, 3.05) is 11.9 Å². The first-order chi connectivity index (χ1) is 11.6. The molecule has 0 bridgehead atoms. The van der Waals surface area contributed by atoms with Gasteiger partial charge in [0, 0.05) is 16.8 Å². The van der Waals surface area contributed by atoms with Gasteiger partial charge < -0.3 is 10.5 Å². The first kappa shape index (κ1) is 15.9. The third-order valence-corrected chi connectivity index (χ3v) is 3.64. The van der Waals surface area contributed by atoms with Gasteiger partial charge in [0.2, 0.25) is 0 Å². The maximum absolute atomic E-state index is 11.6. The standard InChI is InChI=1S/C17H16N4O2S/c1-2-23-17(22)19-10-7-8-12-11-5-3-4-6-13(11)15(14(12)9-10)20-21-16(18)24/h3-9H,2H2,1H3,(H,19,22)(H3,18,21,24)/b20-15-. The number of anilines is 1. The molecule has 1 aliphatic carbocycles. The van der Waals surface area contributed by atoms with Gasteiger partial charge in [-0.2, -0.15) is 5.10 Å². The molecular weight excluding hydrogens is 324 g/mol. The van der Waals surface area contributed by atoms with Crippen LogP contribution in [0.15, 0.2) is 47.6 Å². The second kappa shape index (κ2) is 6.67. The molecule has 0 atom stereocenters. The zero-order valence-corrected chi connectivity index (χ0v) is 13.8. The van der Waals surface area contributed by atoms with E-state index < -0.39 is 6.09 Å². The molecule has 0 heterocycles. The van der Waals surface area contributed by atoms with Gasteiger partial charge in [0.1, 0.15) is 0 Å². The van der Waals surface area contributed by atoms with Crippen LogP contribution in [0, 0.1) is 0 Å². The molecule has 24 heavy (non-hydrogen) atoms. The number of ether oxygens (including phenoxy) is 1. The van der Waals surface area contributed by atoms with Crippen LogP contribution in [-0.2, 0) is 4.74 Å². The van der Waals surface area contributed by atoms with Gasteiger partial charge in [-0.15, -0.1) is 0 Å². The lowest BCUT2D eigenvalue weighted by Gasteiger charge is -2.08. The number of amides is 1. The van der Waals surface area contributed by atoms with E-state index in [1.807, 2.05) is 42.5 Å². The zero-order chi connectivity index (χ0) is 17.1. The Morgan fingerprint density at radius 1 is 1.17 bits per heavy atom. The quantitative estimate of drug-likeness (QED) is 0.504. The number of nitrogens with one attached hydrogen (secondary N) is 2. The van der Waals surface area contributed by atoms with Crippen LogP contribution in [0.3, 0.4) is 0 Å². The van der Waals surface area contributed by atoms with Crippen molar-refractivity contribution in [1.29, 1.82) is 0 Å². The van der Waals surface area contributed by atoms with Gasteiger partial charge in [-0.05, 0) is 42.4 Å². The summed E-state index contributed by atoms with van der Waals surface area (Å²) in [5.41, 5.74) is 13.4. The Kier molecular flexibility index (Phi) is 4.43. The SMILES string of the molecule is CCOC(=O)Nc1ccc2c(c1)/C(=N\NC(N)=S)c1ccccc1-2. The highest BCUT2D eigenvalue weighted by molar-refractivity contribution is 7.80. The van der Waals surface area contributed by atoms with Gasteiger partial charge in [0.25, 0.3) is 0 Å². The molecule has 2 aromatic carbocycles. The summed E-state index contributed by atoms with van der Waals surface area (Å²) in [6.45, 7) is 2.07. The summed E-state index contributed by atoms with van der Waals surface area (Å²) in [4.78, 5) is 11.6. The summed E-state index contributed by atoms with van der Waals surface area (Å²) in [6, 6.07) is 13.5. The summed E-state index contributed by atoms with van der Waals surface area (Å²) >= 11 is 4.83. The van der Waals surface area contributed by atoms with Gasteiger partial charge >= 0.3 is 6.09 Å². The third kappa shape index (κ3) is 3.07. The number of hydrogen-bond donors (Lipinski definition) is 3. The zero-order valence-electron chi connectivity index (χ0n) is 13.0. The van der Waals surface area contributed by atoms with E-state index in [0.29, 0.717) is 12.3 Å². The minimum atomic E-state index is -0.493. The second-order valence-electron chi connectivity index (χ2n) is 5.09. The first-order valence-electron chi connectivity index (χ1n) is 7.41. The smallest absolute Gasteiger partial charge is 0.411 e. The fourth-order valence-corrected chi connectivity index (χ4v) is 2.68. The maximum atomic E-state index is 11.6. The first-order valence-corrected chi connectivity index (χ1v) is 7.82. The lowest BCUT2D eigenvalue weighted by Crippen LogP contribution is -2.25. The molecule has 0 saturated heterocycles. The predicted molar refractivity (Wildman–Crippen MR) is 98.1 cm³/mol. The lowest BCUT2D eigenvalue weighted by molar-refractivity contribution is 0.168. The van der Waals surface area contributed by atoms with E-state index in [0.717, 1.165) is 28.0 Å². The van der Waals surface area contributed by atoms with E-state index in [4.69, 9.17) is 22.7 Å².